The highest BCUT2D eigenvalue weighted by molar-refractivity contribution is 5.79. The normalized spacial score (nSPS) is 11.7. The zero-order chi connectivity index (χ0) is 20.1. The van der Waals surface area contributed by atoms with Crippen molar-refractivity contribution in [2.24, 2.45) is 9.98 Å². The number of aliphatic imine (C=N–C) groups is 2. The molecule has 2 heterocycles. The van der Waals surface area contributed by atoms with Crippen molar-refractivity contribution in [1.29, 1.82) is 0 Å². The standard InChI is InChI=1S/C25H22N2O2/c1-18-3-13-24(28-18)16-26-22-9-5-20(6-10-22)15-21-7-11-23(12-8-21)27-17-25-14-4-19(2)29-25/h3-14,16-17H,15H2,1-2H3. The van der Waals surface area contributed by atoms with Gasteiger partial charge < -0.3 is 8.83 Å². The summed E-state index contributed by atoms with van der Waals surface area (Å²) in [6.07, 6.45) is 4.35. The summed E-state index contributed by atoms with van der Waals surface area (Å²) >= 11 is 0. The minimum atomic E-state index is 0.761. The van der Waals surface area contributed by atoms with Crippen LogP contribution < -0.4 is 0 Å². The van der Waals surface area contributed by atoms with Gasteiger partial charge in [0.15, 0.2) is 0 Å². The van der Waals surface area contributed by atoms with Crippen molar-refractivity contribution in [2.45, 2.75) is 20.3 Å². The molecule has 0 N–H and O–H groups in total. The lowest BCUT2D eigenvalue weighted by atomic mass is 10.0. The van der Waals surface area contributed by atoms with Gasteiger partial charge in [-0.2, -0.15) is 0 Å². The molecular weight excluding hydrogens is 360 g/mol. The number of hydrogen-bond acceptors (Lipinski definition) is 4. The lowest BCUT2D eigenvalue weighted by Gasteiger charge is -2.03. The Balaban J connectivity index is 1.36. The molecule has 0 unspecified atom stereocenters. The average Bonchev–Trinajstić information content (AvgIpc) is 3.35. The molecule has 0 aliphatic heterocycles. The molecule has 4 heteroatoms. The van der Waals surface area contributed by atoms with E-state index in [1.54, 1.807) is 12.4 Å². The Morgan fingerprint density at radius 2 is 1.00 bits per heavy atom. The summed E-state index contributed by atoms with van der Waals surface area (Å²) < 4.78 is 11.0. The molecule has 0 aliphatic carbocycles. The Morgan fingerprint density at radius 1 is 0.586 bits per heavy atom. The molecule has 2 aromatic carbocycles. The maximum atomic E-state index is 5.50. The van der Waals surface area contributed by atoms with E-state index in [2.05, 4.69) is 34.3 Å². The van der Waals surface area contributed by atoms with E-state index in [9.17, 15) is 0 Å². The van der Waals surface area contributed by atoms with Crippen molar-refractivity contribution in [1.82, 2.24) is 0 Å². The van der Waals surface area contributed by atoms with Crippen molar-refractivity contribution in [3.05, 3.63) is 107 Å². The van der Waals surface area contributed by atoms with Crippen molar-refractivity contribution in [2.75, 3.05) is 0 Å². The number of benzene rings is 2. The maximum absolute atomic E-state index is 5.50. The third-order valence-electron chi connectivity index (χ3n) is 4.48. The lowest BCUT2D eigenvalue weighted by Crippen LogP contribution is -1.87. The highest BCUT2D eigenvalue weighted by Crippen LogP contribution is 2.19. The predicted molar refractivity (Wildman–Crippen MR) is 117 cm³/mol. The van der Waals surface area contributed by atoms with Crippen molar-refractivity contribution in [3.8, 4) is 0 Å². The van der Waals surface area contributed by atoms with Crippen LogP contribution in [0.4, 0.5) is 11.4 Å². The summed E-state index contributed by atoms with van der Waals surface area (Å²) in [6.45, 7) is 3.84. The molecule has 0 radical (unpaired) electrons. The molecule has 0 saturated heterocycles. The summed E-state index contributed by atoms with van der Waals surface area (Å²) in [4.78, 5) is 8.91. The van der Waals surface area contributed by atoms with Gasteiger partial charge in [0.1, 0.15) is 23.0 Å². The summed E-state index contributed by atoms with van der Waals surface area (Å²) in [5.74, 6) is 3.29. The monoisotopic (exact) mass is 382 g/mol. The van der Waals surface area contributed by atoms with Gasteiger partial charge in [0.05, 0.1) is 23.8 Å². The fraction of sp³-hybridized carbons (Fsp3) is 0.120. The quantitative estimate of drug-likeness (QED) is 0.354. The molecule has 0 saturated carbocycles. The number of nitrogens with zero attached hydrogens (tertiary/aromatic N) is 2. The molecule has 2 aromatic heterocycles. The summed E-state index contributed by atoms with van der Waals surface area (Å²) in [6, 6.07) is 24.2. The zero-order valence-corrected chi connectivity index (χ0v) is 16.5. The van der Waals surface area contributed by atoms with Crippen LogP contribution in [0.1, 0.15) is 34.2 Å². The van der Waals surface area contributed by atoms with Crippen molar-refractivity contribution < 1.29 is 8.83 Å². The third-order valence-corrected chi connectivity index (χ3v) is 4.48. The molecule has 0 fully saturated rings. The Labute approximate surface area is 170 Å². The van der Waals surface area contributed by atoms with Gasteiger partial charge in [0, 0.05) is 0 Å². The minimum absolute atomic E-state index is 0.761. The van der Waals surface area contributed by atoms with Crippen LogP contribution in [0.25, 0.3) is 0 Å². The summed E-state index contributed by atoms with van der Waals surface area (Å²) in [7, 11) is 0. The van der Waals surface area contributed by atoms with E-state index in [4.69, 9.17) is 8.83 Å². The van der Waals surface area contributed by atoms with Gasteiger partial charge in [-0.05, 0) is 79.9 Å². The molecule has 0 spiro atoms. The van der Waals surface area contributed by atoms with E-state index in [0.717, 1.165) is 40.8 Å². The Morgan fingerprint density at radius 3 is 1.34 bits per heavy atom. The van der Waals surface area contributed by atoms with Crippen LogP contribution in [0.3, 0.4) is 0 Å². The van der Waals surface area contributed by atoms with Crippen LogP contribution in [-0.4, -0.2) is 12.4 Å². The summed E-state index contributed by atoms with van der Waals surface area (Å²) in [5.41, 5.74) is 4.28. The molecule has 0 atom stereocenters. The van der Waals surface area contributed by atoms with Crippen LogP contribution in [0.5, 0.6) is 0 Å². The molecule has 4 nitrogen and oxygen atoms in total. The van der Waals surface area contributed by atoms with E-state index < -0.39 is 0 Å². The zero-order valence-electron chi connectivity index (χ0n) is 16.5. The topological polar surface area (TPSA) is 51.0 Å². The Kier molecular flexibility index (Phi) is 5.52. The van der Waals surface area contributed by atoms with Crippen molar-refractivity contribution >= 4 is 23.8 Å². The first kappa shape index (κ1) is 18.7. The van der Waals surface area contributed by atoms with Gasteiger partial charge >= 0.3 is 0 Å². The molecule has 144 valence electrons. The predicted octanol–water partition coefficient (Wildman–Crippen LogP) is 6.58. The largest absolute Gasteiger partial charge is 0.460 e. The fourth-order valence-corrected chi connectivity index (χ4v) is 2.96. The maximum Gasteiger partial charge on any atom is 0.145 e. The van der Waals surface area contributed by atoms with Crippen molar-refractivity contribution in [3.63, 3.8) is 0 Å². The van der Waals surface area contributed by atoms with Crippen LogP contribution in [0.15, 0.2) is 91.6 Å². The molecular formula is C25H22N2O2. The Bertz CT molecular complexity index is 1040. The number of aryl methyl sites for hydroxylation is 2. The summed E-state index contributed by atoms with van der Waals surface area (Å²) in [5, 5.41) is 0. The van der Waals surface area contributed by atoms with Crippen LogP contribution in [0, 0.1) is 13.8 Å². The van der Waals surface area contributed by atoms with Gasteiger partial charge in [-0.15, -0.1) is 0 Å². The van der Waals surface area contributed by atoms with E-state index in [-0.39, 0.29) is 0 Å². The van der Waals surface area contributed by atoms with E-state index in [1.165, 1.54) is 11.1 Å². The van der Waals surface area contributed by atoms with Gasteiger partial charge in [0.25, 0.3) is 0 Å². The number of rotatable bonds is 6. The molecule has 4 rings (SSSR count). The third kappa shape index (κ3) is 5.20. The van der Waals surface area contributed by atoms with E-state index in [1.807, 2.05) is 62.4 Å². The minimum Gasteiger partial charge on any atom is -0.460 e. The first-order valence-electron chi connectivity index (χ1n) is 9.53. The first-order valence-corrected chi connectivity index (χ1v) is 9.53. The van der Waals surface area contributed by atoms with E-state index >= 15 is 0 Å². The highest BCUT2D eigenvalue weighted by atomic mass is 16.3. The molecule has 0 amide bonds. The second kappa shape index (κ2) is 8.57. The van der Waals surface area contributed by atoms with Gasteiger partial charge in [-0.25, -0.2) is 0 Å². The first-order chi connectivity index (χ1) is 14.1. The van der Waals surface area contributed by atoms with Crippen LogP contribution >= 0.6 is 0 Å². The SMILES string of the molecule is Cc1ccc(C=Nc2ccc(Cc3ccc(N=Cc4ccc(C)o4)cc3)cc2)o1. The van der Waals surface area contributed by atoms with E-state index in [0.29, 0.717) is 0 Å². The van der Waals surface area contributed by atoms with Gasteiger partial charge in [0.2, 0.25) is 0 Å². The molecule has 29 heavy (non-hydrogen) atoms. The molecule has 0 bridgehead atoms. The number of furan rings is 2. The molecule has 0 aliphatic rings. The molecule has 4 aromatic rings. The second-order valence-electron chi connectivity index (χ2n) is 6.92. The van der Waals surface area contributed by atoms with Crippen LogP contribution in [-0.2, 0) is 6.42 Å². The van der Waals surface area contributed by atoms with Crippen LogP contribution in [0.2, 0.25) is 0 Å². The highest BCUT2D eigenvalue weighted by Gasteiger charge is 1.99. The fourth-order valence-electron chi connectivity index (χ4n) is 2.96. The Hall–Kier alpha value is -3.66. The average molecular weight is 382 g/mol. The second-order valence-corrected chi connectivity index (χ2v) is 6.92. The lowest BCUT2D eigenvalue weighted by molar-refractivity contribution is 0.527. The number of hydrogen-bond donors (Lipinski definition) is 0. The van der Waals surface area contributed by atoms with Gasteiger partial charge in [-0.1, -0.05) is 24.3 Å². The van der Waals surface area contributed by atoms with Gasteiger partial charge in [-0.3, -0.25) is 9.98 Å². The smallest absolute Gasteiger partial charge is 0.145 e.